The molecule has 0 spiro atoms. The van der Waals surface area contributed by atoms with Crippen LogP contribution < -0.4 is 15.4 Å². The number of rotatable bonds is 6. The quantitative estimate of drug-likeness (QED) is 0.332. The number of carbonyl (C=O) groups excluding carboxylic acids is 2. The van der Waals surface area contributed by atoms with Gasteiger partial charge in [0.25, 0.3) is 11.8 Å². The first kappa shape index (κ1) is 30.1. The Hall–Kier alpha value is -4.95. The van der Waals surface area contributed by atoms with Crippen LogP contribution in [0.4, 0.5) is 14.5 Å². The average Bonchev–Trinajstić information content (AvgIpc) is 3.31. The summed E-state index contributed by atoms with van der Waals surface area (Å²) in [7, 11) is -1.28. The number of hydrogen-bond donors (Lipinski definition) is 2. The van der Waals surface area contributed by atoms with E-state index in [4.69, 9.17) is 4.74 Å². The van der Waals surface area contributed by atoms with Crippen molar-refractivity contribution in [3.05, 3.63) is 95.1 Å². The van der Waals surface area contributed by atoms with Crippen LogP contribution in [0.1, 0.15) is 34.8 Å². The zero-order valence-electron chi connectivity index (χ0n) is 24.4. The summed E-state index contributed by atoms with van der Waals surface area (Å²) in [6.45, 7) is 2.17. The number of aliphatic imine (C=N–C) groups is 1. The van der Waals surface area contributed by atoms with E-state index < -0.39 is 39.6 Å². The van der Waals surface area contributed by atoms with Gasteiger partial charge in [0.1, 0.15) is 22.9 Å². The second kappa shape index (κ2) is 11.5. The van der Waals surface area contributed by atoms with Gasteiger partial charge in [0, 0.05) is 43.8 Å². The van der Waals surface area contributed by atoms with E-state index >= 15 is 4.39 Å². The summed E-state index contributed by atoms with van der Waals surface area (Å²) in [5, 5.41) is 9.57. The van der Waals surface area contributed by atoms with E-state index in [9.17, 15) is 22.4 Å². The summed E-state index contributed by atoms with van der Waals surface area (Å²) in [5.41, 5.74) is 0.651. The molecule has 2 atom stereocenters. The van der Waals surface area contributed by atoms with Gasteiger partial charge in [-0.05, 0) is 31.2 Å². The molecule has 1 aromatic heterocycles. The number of anilines is 1. The van der Waals surface area contributed by atoms with Gasteiger partial charge in [-0.2, -0.15) is 5.10 Å². The summed E-state index contributed by atoms with van der Waals surface area (Å²) in [5.74, 6) is -3.21. The Morgan fingerprint density at radius 2 is 1.80 bits per heavy atom. The minimum absolute atomic E-state index is 0.0567. The molecule has 3 heterocycles. The second-order valence-electron chi connectivity index (χ2n) is 10.8. The number of aryl methyl sites for hydroxylation is 1. The summed E-state index contributed by atoms with van der Waals surface area (Å²) < 4.78 is 64.0. The predicted octanol–water partition coefficient (Wildman–Crippen LogP) is 3.80. The SMILES string of the molecule is C[C@@H]1CCn2nc(-c3ccc(S(=O)(=O)N(C)C)cc3F)c(C(=O)N[C@H]3N=C(c4ccccc4)c4cccc(F)c4NC3=O)c2O1. The smallest absolute Gasteiger partial charge is 0.269 e. The molecule has 0 unspecified atom stereocenters. The molecule has 11 nitrogen and oxygen atoms in total. The minimum Gasteiger partial charge on any atom is -0.474 e. The molecule has 0 bridgehead atoms. The van der Waals surface area contributed by atoms with Crippen molar-refractivity contribution in [2.24, 2.45) is 4.99 Å². The maximum atomic E-state index is 15.6. The van der Waals surface area contributed by atoms with Crippen molar-refractivity contribution in [3.8, 4) is 17.1 Å². The molecule has 2 aliphatic rings. The van der Waals surface area contributed by atoms with Crippen LogP contribution in [-0.2, 0) is 21.4 Å². The highest BCUT2D eigenvalue weighted by Crippen LogP contribution is 2.36. The lowest BCUT2D eigenvalue weighted by molar-refractivity contribution is -0.117. The number of hydrogen-bond acceptors (Lipinski definition) is 7. The molecule has 0 fully saturated rings. The summed E-state index contributed by atoms with van der Waals surface area (Å²) >= 11 is 0. The summed E-state index contributed by atoms with van der Waals surface area (Å²) in [6, 6.07) is 16.4. The molecular weight excluding hydrogens is 606 g/mol. The number of benzodiazepines with no additional fused rings is 1. The Kier molecular flexibility index (Phi) is 7.70. The number of amides is 2. The Morgan fingerprint density at radius 3 is 2.51 bits per heavy atom. The zero-order valence-corrected chi connectivity index (χ0v) is 25.2. The number of nitrogens with zero attached hydrogens (tertiary/aromatic N) is 4. The summed E-state index contributed by atoms with van der Waals surface area (Å²) in [6.07, 6.45) is -1.26. The average molecular weight is 635 g/mol. The standard InChI is InChI=1S/C31H28F2N6O5S/c1-17-14-15-39-31(44-17)24(27(37-39)20-13-12-19(16-23(20)33)45(42,43)38(2)3)29(40)36-28-30(41)35-26-21(10-7-11-22(26)32)25(34-28)18-8-5-4-6-9-18/h4-13,16-17,28H,14-15H2,1-3H3,(H,35,41)(H,36,40)/t17-,28-/m1/s1. The van der Waals surface area contributed by atoms with Crippen molar-refractivity contribution in [2.75, 3.05) is 19.4 Å². The molecular formula is C31H28F2N6O5S. The number of halogens is 2. The van der Waals surface area contributed by atoms with Crippen molar-refractivity contribution < 1.29 is 31.5 Å². The molecule has 14 heteroatoms. The lowest BCUT2D eigenvalue weighted by Crippen LogP contribution is -2.42. The van der Waals surface area contributed by atoms with Crippen LogP contribution in [0.15, 0.2) is 76.6 Å². The predicted molar refractivity (Wildman–Crippen MR) is 162 cm³/mol. The molecule has 0 aliphatic carbocycles. The van der Waals surface area contributed by atoms with Gasteiger partial charge in [0.05, 0.1) is 22.4 Å². The first-order chi connectivity index (χ1) is 21.5. The first-order valence-corrected chi connectivity index (χ1v) is 15.4. The lowest BCUT2D eigenvalue weighted by Gasteiger charge is -2.22. The Morgan fingerprint density at radius 1 is 1.04 bits per heavy atom. The van der Waals surface area contributed by atoms with Crippen LogP contribution in [0, 0.1) is 11.6 Å². The molecule has 2 amide bonds. The third-order valence-corrected chi connectivity index (χ3v) is 9.32. The van der Waals surface area contributed by atoms with E-state index in [1.54, 1.807) is 43.3 Å². The third-order valence-electron chi connectivity index (χ3n) is 7.51. The van der Waals surface area contributed by atoms with Crippen molar-refractivity contribution in [1.82, 2.24) is 19.4 Å². The Labute approximate surface area is 257 Å². The van der Waals surface area contributed by atoms with Gasteiger partial charge < -0.3 is 15.4 Å². The fourth-order valence-corrected chi connectivity index (χ4v) is 6.06. The molecule has 232 valence electrons. The van der Waals surface area contributed by atoms with Crippen molar-refractivity contribution in [2.45, 2.75) is 37.1 Å². The van der Waals surface area contributed by atoms with Gasteiger partial charge in [-0.1, -0.05) is 42.5 Å². The van der Waals surface area contributed by atoms with Crippen LogP contribution in [0.3, 0.4) is 0 Å². The topological polar surface area (TPSA) is 135 Å². The highest BCUT2D eigenvalue weighted by atomic mass is 32.2. The number of fused-ring (bicyclic) bond motifs is 2. The van der Waals surface area contributed by atoms with E-state index in [0.717, 1.165) is 10.4 Å². The van der Waals surface area contributed by atoms with Gasteiger partial charge in [-0.25, -0.2) is 31.2 Å². The van der Waals surface area contributed by atoms with E-state index in [2.05, 4.69) is 20.7 Å². The molecule has 0 saturated heterocycles. The number of benzene rings is 3. The Balaban J connectivity index is 1.44. The van der Waals surface area contributed by atoms with Gasteiger partial charge in [-0.3, -0.25) is 9.59 Å². The molecule has 45 heavy (non-hydrogen) atoms. The van der Waals surface area contributed by atoms with E-state index in [1.165, 1.54) is 43.0 Å². The molecule has 0 radical (unpaired) electrons. The van der Waals surface area contributed by atoms with Crippen LogP contribution in [0.5, 0.6) is 5.88 Å². The van der Waals surface area contributed by atoms with Crippen molar-refractivity contribution in [1.29, 1.82) is 0 Å². The molecule has 6 rings (SSSR count). The number of sulfonamides is 1. The van der Waals surface area contributed by atoms with E-state index in [-0.39, 0.29) is 45.1 Å². The second-order valence-corrected chi connectivity index (χ2v) is 12.9. The number of carbonyl (C=O) groups is 2. The van der Waals surface area contributed by atoms with Crippen LogP contribution in [0.2, 0.25) is 0 Å². The highest BCUT2D eigenvalue weighted by Gasteiger charge is 2.35. The van der Waals surface area contributed by atoms with Crippen LogP contribution >= 0.6 is 0 Å². The fourth-order valence-electron chi connectivity index (χ4n) is 5.14. The summed E-state index contributed by atoms with van der Waals surface area (Å²) in [4.78, 5) is 31.7. The van der Waals surface area contributed by atoms with Gasteiger partial charge in [-0.15, -0.1) is 0 Å². The molecule has 3 aromatic carbocycles. The first-order valence-electron chi connectivity index (χ1n) is 14.0. The van der Waals surface area contributed by atoms with Gasteiger partial charge >= 0.3 is 0 Å². The molecule has 4 aromatic rings. The van der Waals surface area contributed by atoms with Crippen LogP contribution in [-0.4, -0.2) is 66.4 Å². The number of ether oxygens (including phenoxy) is 1. The number of nitrogens with one attached hydrogen (secondary N) is 2. The van der Waals surface area contributed by atoms with E-state index in [0.29, 0.717) is 24.1 Å². The number of para-hydroxylation sites is 1. The van der Waals surface area contributed by atoms with Crippen molar-refractivity contribution in [3.63, 3.8) is 0 Å². The van der Waals surface area contributed by atoms with Gasteiger partial charge in [0.2, 0.25) is 22.1 Å². The van der Waals surface area contributed by atoms with Crippen molar-refractivity contribution >= 4 is 33.2 Å². The Bertz CT molecular complexity index is 1980. The monoisotopic (exact) mass is 634 g/mol. The molecule has 2 aliphatic heterocycles. The maximum absolute atomic E-state index is 15.6. The van der Waals surface area contributed by atoms with Gasteiger partial charge in [0.15, 0.2) is 0 Å². The van der Waals surface area contributed by atoms with Crippen LogP contribution in [0.25, 0.3) is 11.3 Å². The zero-order chi connectivity index (χ0) is 32.0. The number of aromatic nitrogens is 2. The lowest BCUT2D eigenvalue weighted by atomic mass is 10.0. The van der Waals surface area contributed by atoms with E-state index in [1.807, 2.05) is 0 Å². The normalized spacial score (nSPS) is 17.8. The maximum Gasteiger partial charge on any atom is 0.269 e. The largest absolute Gasteiger partial charge is 0.474 e. The molecule has 0 saturated carbocycles. The fraction of sp³-hybridized carbons (Fsp3) is 0.226. The minimum atomic E-state index is -3.94. The third kappa shape index (κ3) is 5.46. The highest BCUT2D eigenvalue weighted by molar-refractivity contribution is 7.89. The molecule has 2 N–H and O–H groups in total.